The number of carbonyl (C=O) groups excluding carboxylic acids is 2. The highest BCUT2D eigenvalue weighted by Gasteiger charge is 2.36. The van der Waals surface area contributed by atoms with Crippen molar-refractivity contribution in [1.82, 2.24) is 10.2 Å². The van der Waals surface area contributed by atoms with E-state index in [2.05, 4.69) is 5.32 Å². The fraction of sp³-hybridized carbons (Fsp3) is 0.278. The third-order valence-electron chi connectivity index (χ3n) is 7.28. The summed E-state index contributed by atoms with van der Waals surface area (Å²) in [6.45, 7) is 8.39. The summed E-state index contributed by atoms with van der Waals surface area (Å²) in [6, 6.07) is 27.4. The molecule has 0 aliphatic heterocycles. The van der Waals surface area contributed by atoms with Crippen molar-refractivity contribution in [1.29, 1.82) is 0 Å². The van der Waals surface area contributed by atoms with Gasteiger partial charge in [0.1, 0.15) is 18.4 Å². The maximum Gasteiger partial charge on any atom is 0.264 e. The summed E-state index contributed by atoms with van der Waals surface area (Å²) in [4.78, 5) is 29.7. The molecule has 0 aliphatic carbocycles. The molecule has 1 N–H and O–H groups in total. The Morgan fingerprint density at radius 1 is 0.800 bits per heavy atom. The smallest absolute Gasteiger partial charge is 0.264 e. The van der Waals surface area contributed by atoms with Gasteiger partial charge in [-0.1, -0.05) is 83.9 Å². The number of benzene rings is 4. The van der Waals surface area contributed by atoms with E-state index in [0.717, 1.165) is 21.0 Å². The third kappa shape index (κ3) is 8.79. The first kappa shape index (κ1) is 33.4. The van der Waals surface area contributed by atoms with Crippen molar-refractivity contribution >= 4 is 27.5 Å². The van der Waals surface area contributed by atoms with Gasteiger partial charge >= 0.3 is 0 Å². The molecule has 4 aromatic carbocycles. The largest absolute Gasteiger partial charge is 0.350 e. The van der Waals surface area contributed by atoms with Crippen LogP contribution in [-0.2, 0) is 32.6 Å². The van der Waals surface area contributed by atoms with Gasteiger partial charge in [-0.25, -0.2) is 12.8 Å². The van der Waals surface area contributed by atoms with Gasteiger partial charge in [0.15, 0.2) is 0 Å². The maximum atomic E-state index is 15.0. The van der Waals surface area contributed by atoms with E-state index < -0.39 is 45.8 Å². The van der Waals surface area contributed by atoms with Crippen molar-refractivity contribution in [2.45, 2.75) is 64.1 Å². The molecule has 0 fully saturated rings. The molecule has 236 valence electrons. The molecular weight excluding hydrogens is 589 g/mol. The zero-order valence-corrected chi connectivity index (χ0v) is 27.1. The van der Waals surface area contributed by atoms with Crippen molar-refractivity contribution in [3.8, 4) is 0 Å². The predicted molar refractivity (Wildman–Crippen MR) is 176 cm³/mol. The molecule has 1 atom stereocenters. The lowest BCUT2D eigenvalue weighted by molar-refractivity contribution is -0.140. The normalized spacial score (nSPS) is 12.3. The summed E-state index contributed by atoms with van der Waals surface area (Å²) in [7, 11) is -4.22. The molecular formula is C36H40FN3O4S. The Morgan fingerprint density at radius 2 is 1.36 bits per heavy atom. The summed E-state index contributed by atoms with van der Waals surface area (Å²) in [5, 5.41) is 2.97. The van der Waals surface area contributed by atoms with Crippen molar-refractivity contribution in [3.05, 3.63) is 131 Å². The van der Waals surface area contributed by atoms with Crippen LogP contribution < -0.4 is 9.62 Å². The van der Waals surface area contributed by atoms with E-state index in [1.807, 2.05) is 65.0 Å². The van der Waals surface area contributed by atoms with Gasteiger partial charge in [0.2, 0.25) is 11.8 Å². The van der Waals surface area contributed by atoms with Crippen LogP contribution in [0.1, 0.15) is 43.0 Å². The van der Waals surface area contributed by atoms with Gasteiger partial charge < -0.3 is 10.2 Å². The number of carbonyl (C=O) groups is 2. The van der Waals surface area contributed by atoms with Gasteiger partial charge in [-0.2, -0.15) is 0 Å². The highest BCUT2D eigenvalue weighted by atomic mass is 32.2. The van der Waals surface area contributed by atoms with Gasteiger partial charge in [0.25, 0.3) is 10.0 Å². The van der Waals surface area contributed by atoms with Crippen LogP contribution in [0.15, 0.2) is 108 Å². The number of hydrogen-bond donors (Lipinski definition) is 1. The standard InChI is InChI=1S/C36H40FN3O4S/c1-26-15-19-30(20-16-26)40(45(43,44)31-21-17-27(2)18-22-31)25-34(41)39(24-29-13-9-10-14-32(29)37)33(35(42)38-36(3,4)5)23-28-11-7-6-8-12-28/h6-22,33H,23-25H2,1-5H3,(H,38,42)/t33-/m0/s1. The minimum Gasteiger partial charge on any atom is -0.350 e. The number of sulfonamides is 1. The third-order valence-corrected chi connectivity index (χ3v) is 9.07. The highest BCUT2D eigenvalue weighted by Crippen LogP contribution is 2.26. The van der Waals surface area contributed by atoms with Gasteiger partial charge in [-0.3, -0.25) is 13.9 Å². The maximum absolute atomic E-state index is 15.0. The number of rotatable bonds is 11. The molecule has 0 spiro atoms. The summed E-state index contributed by atoms with van der Waals surface area (Å²) in [6.07, 6.45) is 0.137. The van der Waals surface area contributed by atoms with Crippen LogP contribution in [0.25, 0.3) is 0 Å². The molecule has 4 aromatic rings. The van der Waals surface area contributed by atoms with Gasteiger partial charge in [0.05, 0.1) is 10.6 Å². The highest BCUT2D eigenvalue weighted by molar-refractivity contribution is 7.92. The number of anilines is 1. The molecule has 0 aliphatic rings. The van der Waals surface area contributed by atoms with Crippen LogP contribution in [0, 0.1) is 19.7 Å². The molecule has 0 saturated carbocycles. The fourth-order valence-electron chi connectivity index (χ4n) is 4.89. The van der Waals surface area contributed by atoms with Crippen molar-refractivity contribution in [2.75, 3.05) is 10.8 Å². The van der Waals surface area contributed by atoms with Crippen LogP contribution in [0.4, 0.5) is 10.1 Å². The second-order valence-electron chi connectivity index (χ2n) is 12.2. The number of hydrogen-bond acceptors (Lipinski definition) is 4. The van der Waals surface area contributed by atoms with Crippen LogP contribution in [-0.4, -0.2) is 43.3 Å². The first-order valence-electron chi connectivity index (χ1n) is 14.8. The van der Waals surface area contributed by atoms with E-state index in [-0.39, 0.29) is 23.4 Å². The number of nitrogens with zero attached hydrogens (tertiary/aromatic N) is 2. The van der Waals surface area contributed by atoms with E-state index in [0.29, 0.717) is 5.69 Å². The van der Waals surface area contributed by atoms with Crippen molar-refractivity contribution < 1.29 is 22.4 Å². The molecule has 0 bridgehead atoms. The van der Waals surface area contributed by atoms with Gasteiger partial charge in [0, 0.05) is 24.1 Å². The number of amides is 2. The summed E-state index contributed by atoms with van der Waals surface area (Å²) in [5.74, 6) is -1.62. The molecule has 4 rings (SSSR count). The lowest BCUT2D eigenvalue weighted by atomic mass is 10.0. The SMILES string of the molecule is Cc1ccc(N(CC(=O)N(Cc2ccccc2F)[C@@H](Cc2ccccc2)C(=O)NC(C)(C)C)S(=O)(=O)c2ccc(C)cc2)cc1. The lowest BCUT2D eigenvalue weighted by Gasteiger charge is -2.35. The zero-order valence-electron chi connectivity index (χ0n) is 26.3. The molecule has 2 amide bonds. The Labute approximate surface area is 265 Å². The topological polar surface area (TPSA) is 86.8 Å². The molecule has 0 saturated heterocycles. The zero-order chi connectivity index (χ0) is 32.8. The molecule has 9 heteroatoms. The van der Waals surface area contributed by atoms with E-state index >= 15 is 4.39 Å². The number of halogens is 1. The fourth-order valence-corrected chi connectivity index (χ4v) is 6.31. The van der Waals surface area contributed by atoms with Crippen LogP contribution in [0.5, 0.6) is 0 Å². The van der Waals surface area contributed by atoms with E-state index in [9.17, 15) is 18.0 Å². The predicted octanol–water partition coefficient (Wildman–Crippen LogP) is 6.19. The van der Waals surface area contributed by atoms with Gasteiger partial charge in [-0.15, -0.1) is 0 Å². The molecule has 0 unspecified atom stereocenters. The summed E-state index contributed by atoms with van der Waals surface area (Å²) < 4.78 is 44.3. The quantitative estimate of drug-likeness (QED) is 0.214. The summed E-state index contributed by atoms with van der Waals surface area (Å²) in [5.41, 5.74) is 2.47. The average Bonchev–Trinajstić information content (AvgIpc) is 2.99. The molecule has 0 aromatic heterocycles. The van der Waals surface area contributed by atoms with Crippen molar-refractivity contribution in [2.24, 2.45) is 0 Å². The Bertz CT molecular complexity index is 1720. The molecule has 45 heavy (non-hydrogen) atoms. The van der Waals surface area contributed by atoms with E-state index in [1.165, 1.54) is 23.1 Å². The second kappa shape index (κ2) is 14.1. The minimum absolute atomic E-state index is 0.0217. The number of aryl methyl sites for hydroxylation is 2. The van der Waals surface area contributed by atoms with Crippen LogP contribution >= 0.6 is 0 Å². The first-order valence-corrected chi connectivity index (χ1v) is 16.2. The second-order valence-corrected chi connectivity index (χ2v) is 14.1. The summed E-state index contributed by atoms with van der Waals surface area (Å²) >= 11 is 0. The van der Waals surface area contributed by atoms with Crippen molar-refractivity contribution in [3.63, 3.8) is 0 Å². The Kier molecular flexibility index (Phi) is 10.4. The minimum atomic E-state index is -4.22. The lowest BCUT2D eigenvalue weighted by Crippen LogP contribution is -2.56. The number of nitrogens with one attached hydrogen (secondary N) is 1. The first-order chi connectivity index (χ1) is 21.2. The van der Waals surface area contributed by atoms with E-state index in [4.69, 9.17) is 0 Å². The molecule has 7 nitrogen and oxygen atoms in total. The van der Waals surface area contributed by atoms with Crippen LogP contribution in [0.2, 0.25) is 0 Å². The Hall–Kier alpha value is -4.50. The van der Waals surface area contributed by atoms with Crippen LogP contribution in [0.3, 0.4) is 0 Å². The Morgan fingerprint density at radius 3 is 1.93 bits per heavy atom. The average molecular weight is 630 g/mol. The van der Waals surface area contributed by atoms with Gasteiger partial charge in [-0.05, 0) is 70.5 Å². The molecule has 0 radical (unpaired) electrons. The molecule has 0 heterocycles. The Balaban J connectivity index is 1.82. The van der Waals surface area contributed by atoms with E-state index in [1.54, 1.807) is 54.6 Å². The monoisotopic (exact) mass is 629 g/mol.